The molecular weight excluding hydrogens is 256 g/mol. The van der Waals surface area contributed by atoms with Crippen LogP contribution in [0.15, 0.2) is 0 Å². The van der Waals surface area contributed by atoms with E-state index in [-0.39, 0.29) is 0 Å². The topological polar surface area (TPSA) is 63.6 Å². The van der Waals surface area contributed by atoms with Crippen molar-refractivity contribution in [1.29, 1.82) is 0 Å². The fourth-order valence-corrected chi connectivity index (χ4v) is 3.40. The van der Waals surface area contributed by atoms with Crippen LogP contribution in [-0.2, 0) is 14.0 Å². The van der Waals surface area contributed by atoms with Gasteiger partial charge in [0.25, 0.3) is 0 Å². The van der Waals surface area contributed by atoms with Crippen molar-refractivity contribution in [2.24, 2.45) is 0 Å². The van der Waals surface area contributed by atoms with Gasteiger partial charge in [-0.3, -0.25) is 4.55 Å². The van der Waals surface area contributed by atoms with Crippen molar-refractivity contribution in [1.82, 2.24) is 0 Å². The van der Waals surface area contributed by atoms with Gasteiger partial charge in [-0.25, -0.2) is 0 Å². The second kappa shape index (κ2) is 9.77. The van der Waals surface area contributed by atoms with E-state index >= 15 is 0 Å². The molecule has 0 rings (SSSR count). The predicted molar refractivity (Wildman–Crippen MR) is 66.1 cm³/mol. The Labute approximate surface area is 100 Å². The molecule has 0 aliphatic rings. The van der Waals surface area contributed by atoms with E-state index in [0.717, 1.165) is 12.2 Å². The van der Waals surface area contributed by atoms with Crippen LogP contribution >= 0.6 is 21.9 Å². The van der Waals surface area contributed by atoms with Gasteiger partial charge in [-0.15, -0.1) is 0 Å². The molecule has 0 unspecified atom stereocenters. The van der Waals surface area contributed by atoms with Crippen molar-refractivity contribution in [3.8, 4) is 0 Å². The lowest BCUT2D eigenvalue weighted by Gasteiger charge is -1.99. The Morgan fingerprint density at radius 2 is 1.73 bits per heavy atom. The molecule has 0 saturated heterocycles. The molecule has 0 bridgehead atoms. The standard InChI is InChI=1S/C8H18O4S3/c1-2-3-4-5-6-7-8-13-14-12-15(9,10)11/h2-8H2,1H3,(H,9,10,11). The highest BCUT2D eigenvalue weighted by Gasteiger charge is 2.04. The fraction of sp³-hybridized carbons (Fsp3) is 1.00. The number of hydrogen-bond acceptors (Lipinski definition) is 5. The van der Waals surface area contributed by atoms with Crippen molar-refractivity contribution in [2.75, 3.05) is 5.75 Å². The first-order valence-electron chi connectivity index (χ1n) is 5.01. The average Bonchev–Trinajstić information content (AvgIpc) is 2.14. The van der Waals surface area contributed by atoms with Crippen LogP contribution in [0.4, 0.5) is 0 Å². The molecule has 0 aliphatic carbocycles. The summed E-state index contributed by atoms with van der Waals surface area (Å²) in [5.74, 6) is 0.840. The first-order chi connectivity index (χ1) is 7.06. The van der Waals surface area contributed by atoms with Crippen molar-refractivity contribution in [2.45, 2.75) is 45.4 Å². The summed E-state index contributed by atoms with van der Waals surface area (Å²) in [5.41, 5.74) is 0. The van der Waals surface area contributed by atoms with Crippen LogP contribution in [0.2, 0.25) is 0 Å². The molecule has 1 N–H and O–H groups in total. The third kappa shape index (κ3) is 14.6. The van der Waals surface area contributed by atoms with Crippen molar-refractivity contribution in [3.05, 3.63) is 0 Å². The quantitative estimate of drug-likeness (QED) is 0.285. The van der Waals surface area contributed by atoms with Gasteiger partial charge < -0.3 is 0 Å². The van der Waals surface area contributed by atoms with E-state index in [1.807, 2.05) is 0 Å². The van der Waals surface area contributed by atoms with Gasteiger partial charge in [0, 0.05) is 5.75 Å². The molecule has 0 aromatic carbocycles. The maximum absolute atomic E-state index is 10.1. The lowest BCUT2D eigenvalue weighted by molar-refractivity contribution is 0.409. The Balaban J connectivity index is 3.06. The van der Waals surface area contributed by atoms with Gasteiger partial charge >= 0.3 is 10.4 Å². The maximum atomic E-state index is 10.1. The van der Waals surface area contributed by atoms with Crippen LogP contribution in [0, 0.1) is 0 Å². The van der Waals surface area contributed by atoms with Gasteiger partial charge in [-0.1, -0.05) is 49.8 Å². The van der Waals surface area contributed by atoms with Crippen LogP contribution in [-0.4, -0.2) is 18.7 Å². The molecule has 0 amide bonds. The van der Waals surface area contributed by atoms with Gasteiger partial charge in [0.15, 0.2) is 0 Å². The summed E-state index contributed by atoms with van der Waals surface area (Å²) >= 11 is 0.707. The molecular formula is C8H18O4S3. The zero-order valence-corrected chi connectivity index (χ0v) is 11.3. The molecule has 0 aromatic heterocycles. The SMILES string of the molecule is CCCCCCCCSSOS(=O)(=O)O. The van der Waals surface area contributed by atoms with Crippen LogP contribution in [0.1, 0.15) is 45.4 Å². The maximum Gasteiger partial charge on any atom is 0.409 e. The molecule has 92 valence electrons. The third-order valence-corrected chi connectivity index (χ3v) is 4.49. The minimum absolute atomic E-state index is 0.707. The summed E-state index contributed by atoms with van der Waals surface area (Å²) in [4.78, 5) is 0. The van der Waals surface area contributed by atoms with Crippen molar-refractivity contribution >= 4 is 32.3 Å². The smallest absolute Gasteiger partial charge is 0.263 e. The Morgan fingerprint density at radius 3 is 2.33 bits per heavy atom. The fourth-order valence-electron chi connectivity index (χ4n) is 1.03. The van der Waals surface area contributed by atoms with Gasteiger partial charge in [-0.2, -0.15) is 12.0 Å². The molecule has 0 fully saturated rings. The molecule has 0 atom stereocenters. The molecule has 0 heterocycles. The third-order valence-electron chi connectivity index (χ3n) is 1.74. The summed E-state index contributed by atoms with van der Waals surface area (Å²) < 4.78 is 32.6. The molecule has 0 aromatic rings. The number of unbranched alkanes of at least 4 members (excludes halogenated alkanes) is 5. The number of hydrogen-bond donors (Lipinski definition) is 1. The Bertz CT molecular complexity index is 228. The lowest BCUT2D eigenvalue weighted by atomic mass is 10.1. The van der Waals surface area contributed by atoms with E-state index in [4.69, 9.17) is 4.55 Å². The monoisotopic (exact) mass is 274 g/mol. The van der Waals surface area contributed by atoms with E-state index in [1.165, 1.54) is 42.9 Å². The van der Waals surface area contributed by atoms with Crippen molar-refractivity contribution in [3.63, 3.8) is 0 Å². The lowest BCUT2D eigenvalue weighted by Crippen LogP contribution is -1.95. The van der Waals surface area contributed by atoms with Gasteiger partial charge in [0.05, 0.1) is 11.1 Å². The molecule has 4 nitrogen and oxygen atoms in total. The highest BCUT2D eigenvalue weighted by atomic mass is 33.1. The number of rotatable bonds is 10. The molecule has 0 spiro atoms. The highest BCUT2D eigenvalue weighted by molar-refractivity contribution is 8.75. The zero-order valence-electron chi connectivity index (χ0n) is 8.85. The van der Waals surface area contributed by atoms with Crippen LogP contribution in [0.3, 0.4) is 0 Å². The van der Waals surface area contributed by atoms with Crippen molar-refractivity contribution < 1.29 is 16.6 Å². The largest absolute Gasteiger partial charge is 0.409 e. The first-order valence-corrected chi connectivity index (χ1v) is 8.62. The van der Waals surface area contributed by atoms with Crippen LogP contribution in [0.25, 0.3) is 0 Å². The second-order valence-corrected chi connectivity index (χ2v) is 6.45. The summed E-state index contributed by atoms with van der Waals surface area (Å²) in [6, 6.07) is 0. The second-order valence-electron chi connectivity index (χ2n) is 3.15. The van der Waals surface area contributed by atoms with Gasteiger partial charge in [0.1, 0.15) is 0 Å². The van der Waals surface area contributed by atoms with E-state index in [9.17, 15) is 8.42 Å². The minimum atomic E-state index is -4.29. The van der Waals surface area contributed by atoms with E-state index < -0.39 is 10.4 Å². The molecule has 0 aliphatic heterocycles. The molecule has 0 radical (unpaired) electrons. The predicted octanol–water partition coefficient (Wildman–Crippen LogP) is 3.46. The van der Waals surface area contributed by atoms with Crippen LogP contribution in [0.5, 0.6) is 0 Å². The minimum Gasteiger partial charge on any atom is -0.263 e. The summed E-state index contributed by atoms with van der Waals surface area (Å²) in [6.45, 7) is 2.18. The normalized spacial score (nSPS) is 11.9. The van der Waals surface area contributed by atoms with E-state index in [2.05, 4.69) is 10.6 Å². The molecule has 7 heteroatoms. The summed E-state index contributed by atoms with van der Waals surface area (Å²) in [5, 5.41) is 0. The highest BCUT2D eigenvalue weighted by Crippen LogP contribution is 2.25. The summed E-state index contributed by atoms with van der Waals surface area (Å²) in [6.07, 6.45) is 7.25. The van der Waals surface area contributed by atoms with Crippen LogP contribution < -0.4 is 0 Å². The Morgan fingerprint density at radius 1 is 1.13 bits per heavy atom. The van der Waals surface area contributed by atoms with Gasteiger partial charge in [-0.05, 0) is 6.42 Å². The molecule has 15 heavy (non-hydrogen) atoms. The summed E-state index contributed by atoms with van der Waals surface area (Å²) in [7, 11) is -2.99. The molecule has 0 saturated carbocycles. The van der Waals surface area contributed by atoms with E-state index in [1.54, 1.807) is 0 Å². The Hall–Kier alpha value is 0.570. The van der Waals surface area contributed by atoms with Gasteiger partial charge in [0.2, 0.25) is 0 Å². The Kier molecular flexibility index (Phi) is 10.1. The zero-order chi connectivity index (χ0) is 11.6. The van der Waals surface area contributed by atoms with E-state index in [0.29, 0.717) is 11.1 Å². The first kappa shape index (κ1) is 15.6. The average molecular weight is 274 g/mol.